The summed E-state index contributed by atoms with van der Waals surface area (Å²) in [5.41, 5.74) is 7.71. The predicted octanol–water partition coefficient (Wildman–Crippen LogP) is 2.79. The molecule has 3 nitrogen and oxygen atoms in total. The number of anilines is 1. The average molecular weight is 275 g/mol. The summed E-state index contributed by atoms with van der Waals surface area (Å²) in [6, 6.07) is 4.72. The smallest absolute Gasteiger partial charge is 0.129 e. The number of fused-ring (bicyclic) bond motifs is 1. The lowest BCUT2D eigenvalue weighted by atomic mass is 9.85. The number of thiocarbonyl (C=S) groups is 1. The van der Waals surface area contributed by atoms with E-state index in [4.69, 9.17) is 22.9 Å². The van der Waals surface area contributed by atoms with Crippen molar-refractivity contribution in [1.82, 2.24) is 4.98 Å². The normalized spacial score (nSPS) is 26.3. The standard InChI is InChI=1S/C15H21N3S/c1-10-8-12(15(16)19)9-14(17-10)18-7-6-11-4-2-3-5-13(11)18/h8-9,11,13H,2-7H2,1H3,(H2,16,19). The molecule has 0 aromatic carbocycles. The molecule has 2 heterocycles. The third kappa shape index (κ3) is 2.46. The highest BCUT2D eigenvalue weighted by molar-refractivity contribution is 7.80. The molecule has 2 N–H and O–H groups in total. The number of aryl methyl sites for hydroxylation is 1. The van der Waals surface area contributed by atoms with Gasteiger partial charge < -0.3 is 10.6 Å². The van der Waals surface area contributed by atoms with Crippen molar-refractivity contribution in [2.75, 3.05) is 11.4 Å². The van der Waals surface area contributed by atoms with Crippen molar-refractivity contribution < 1.29 is 0 Å². The Morgan fingerprint density at radius 3 is 2.89 bits per heavy atom. The molecule has 19 heavy (non-hydrogen) atoms. The van der Waals surface area contributed by atoms with Crippen molar-refractivity contribution in [1.29, 1.82) is 0 Å². The number of nitrogens with zero attached hydrogens (tertiary/aromatic N) is 2. The lowest BCUT2D eigenvalue weighted by molar-refractivity contribution is 0.341. The van der Waals surface area contributed by atoms with Crippen molar-refractivity contribution in [2.24, 2.45) is 11.7 Å². The summed E-state index contributed by atoms with van der Waals surface area (Å²) in [5, 5.41) is 0. The largest absolute Gasteiger partial charge is 0.389 e. The first-order valence-electron chi connectivity index (χ1n) is 7.20. The zero-order valence-corrected chi connectivity index (χ0v) is 12.2. The molecule has 2 unspecified atom stereocenters. The molecule has 0 amide bonds. The fourth-order valence-corrected chi connectivity index (χ4v) is 3.75. The molecule has 1 aliphatic heterocycles. The molecule has 4 heteroatoms. The molecule has 1 saturated heterocycles. The minimum absolute atomic E-state index is 0.464. The Hall–Kier alpha value is -1.16. The van der Waals surface area contributed by atoms with Crippen LogP contribution in [-0.2, 0) is 0 Å². The van der Waals surface area contributed by atoms with E-state index >= 15 is 0 Å². The van der Waals surface area contributed by atoms with Crippen molar-refractivity contribution in [3.63, 3.8) is 0 Å². The molecule has 1 saturated carbocycles. The van der Waals surface area contributed by atoms with Gasteiger partial charge in [-0.25, -0.2) is 4.98 Å². The van der Waals surface area contributed by atoms with E-state index in [9.17, 15) is 0 Å². The topological polar surface area (TPSA) is 42.1 Å². The highest BCUT2D eigenvalue weighted by atomic mass is 32.1. The Labute approximate surface area is 120 Å². The fourth-order valence-electron chi connectivity index (χ4n) is 3.63. The van der Waals surface area contributed by atoms with Crippen molar-refractivity contribution in [2.45, 2.75) is 45.1 Å². The van der Waals surface area contributed by atoms with Gasteiger partial charge in [0.25, 0.3) is 0 Å². The van der Waals surface area contributed by atoms with E-state index < -0.39 is 0 Å². The maximum absolute atomic E-state index is 5.77. The first-order valence-corrected chi connectivity index (χ1v) is 7.61. The summed E-state index contributed by atoms with van der Waals surface area (Å²) >= 11 is 5.10. The van der Waals surface area contributed by atoms with Crippen LogP contribution in [0.25, 0.3) is 0 Å². The van der Waals surface area contributed by atoms with Crippen LogP contribution in [0.1, 0.15) is 43.4 Å². The molecule has 0 radical (unpaired) electrons. The monoisotopic (exact) mass is 275 g/mol. The lowest BCUT2D eigenvalue weighted by Crippen LogP contribution is -2.35. The molecule has 2 aliphatic rings. The van der Waals surface area contributed by atoms with E-state index in [0.29, 0.717) is 11.0 Å². The summed E-state index contributed by atoms with van der Waals surface area (Å²) in [5.74, 6) is 1.93. The molecule has 102 valence electrons. The Bertz CT molecular complexity index is 500. The number of aromatic nitrogens is 1. The third-order valence-corrected chi connectivity index (χ3v) is 4.76. The molecule has 1 aromatic heterocycles. The zero-order chi connectivity index (χ0) is 13.4. The van der Waals surface area contributed by atoms with Gasteiger partial charge in [-0.05, 0) is 44.2 Å². The van der Waals surface area contributed by atoms with Crippen LogP contribution < -0.4 is 10.6 Å². The number of pyridine rings is 1. The first kappa shape index (κ1) is 12.9. The van der Waals surface area contributed by atoms with Gasteiger partial charge >= 0.3 is 0 Å². The average Bonchev–Trinajstić information content (AvgIpc) is 2.81. The van der Waals surface area contributed by atoms with Crippen molar-refractivity contribution in [3.05, 3.63) is 23.4 Å². The van der Waals surface area contributed by atoms with Gasteiger partial charge in [0.15, 0.2) is 0 Å². The molecule has 0 spiro atoms. The SMILES string of the molecule is Cc1cc(C(N)=S)cc(N2CCC3CCCCC32)n1. The van der Waals surface area contributed by atoms with Crippen LogP contribution in [0, 0.1) is 12.8 Å². The van der Waals surface area contributed by atoms with Crippen LogP contribution in [-0.4, -0.2) is 22.6 Å². The lowest BCUT2D eigenvalue weighted by Gasteiger charge is -2.32. The van der Waals surface area contributed by atoms with E-state index in [0.717, 1.165) is 29.5 Å². The molecule has 2 atom stereocenters. The van der Waals surface area contributed by atoms with Crippen molar-refractivity contribution in [3.8, 4) is 0 Å². The Morgan fingerprint density at radius 2 is 2.11 bits per heavy atom. The third-order valence-electron chi connectivity index (χ3n) is 4.53. The molecule has 0 bridgehead atoms. The van der Waals surface area contributed by atoms with E-state index in [-0.39, 0.29) is 0 Å². The molecule has 1 aromatic rings. The number of hydrogen-bond acceptors (Lipinski definition) is 3. The number of hydrogen-bond donors (Lipinski definition) is 1. The van der Waals surface area contributed by atoms with Gasteiger partial charge in [-0.15, -0.1) is 0 Å². The van der Waals surface area contributed by atoms with E-state index in [1.807, 2.05) is 13.0 Å². The zero-order valence-electron chi connectivity index (χ0n) is 11.4. The van der Waals surface area contributed by atoms with Gasteiger partial charge in [-0.2, -0.15) is 0 Å². The molecular formula is C15H21N3S. The van der Waals surface area contributed by atoms with Gasteiger partial charge in [0.2, 0.25) is 0 Å². The van der Waals surface area contributed by atoms with Gasteiger partial charge in [-0.3, -0.25) is 0 Å². The quantitative estimate of drug-likeness (QED) is 0.843. The highest BCUT2D eigenvalue weighted by Gasteiger charge is 2.36. The Balaban J connectivity index is 1.91. The first-order chi connectivity index (χ1) is 9.15. The van der Waals surface area contributed by atoms with E-state index in [1.54, 1.807) is 0 Å². The molecule has 3 rings (SSSR count). The minimum Gasteiger partial charge on any atom is -0.389 e. The number of nitrogens with two attached hydrogens (primary N) is 1. The van der Waals surface area contributed by atoms with E-state index in [1.165, 1.54) is 32.1 Å². The highest BCUT2D eigenvalue weighted by Crippen LogP contribution is 2.38. The second-order valence-electron chi connectivity index (χ2n) is 5.81. The summed E-state index contributed by atoms with van der Waals surface area (Å²) in [7, 11) is 0. The van der Waals surface area contributed by atoms with Crippen molar-refractivity contribution >= 4 is 23.0 Å². The second-order valence-corrected chi connectivity index (χ2v) is 6.25. The summed E-state index contributed by atoms with van der Waals surface area (Å²) < 4.78 is 0. The van der Waals surface area contributed by atoms with Crippen LogP contribution >= 0.6 is 12.2 Å². The predicted molar refractivity (Wildman–Crippen MR) is 82.6 cm³/mol. The van der Waals surface area contributed by atoms with Gasteiger partial charge in [-0.1, -0.05) is 25.1 Å². The summed E-state index contributed by atoms with van der Waals surface area (Å²) in [4.78, 5) is 7.65. The second kappa shape index (κ2) is 5.08. The fraction of sp³-hybridized carbons (Fsp3) is 0.600. The maximum Gasteiger partial charge on any atom is 0.129 e. The number of rotatable bonds is 2. The van der Waals surface area contributed by atoms with Crippen LogP contribution in [0.5, 0.6) is 0 Å². The van der Waals surface area contributed by atoms with Crippen LogP contribution in [0.2, 0.25) is 0 Å². The van der Waals surface area contributed by atoms with Gasteiger partial charge in [0.05, 0.1) is 0 Å². The molecule has 2 fully saturated rings. The van der Waals surface area contributed by atoms with Gasteiger partial charge in [0.1, 0.15) is 10.8 Å². The Morgan fingerprint density at radius 1 is 1.32 bits per heavy atom. The summed E-state index contributed by atoms with van der Waals surface area (Å²) in [6.45, 7) is 3.14. The van der Waals surface area contributed by atoms with Gasteiger partial charge in [0, 0.05) is 23.8 Å². The van der Waals surface area contributed by atoms with E-state index in [2.05, 4.69) is 11.0 Å². The summed E-state index contributed by atoms with van der Waals surface area (Å²) in [6.07, 6.45) is 6.75. The molecule has 1 aliphatic carbocycles. The van der Waals surface area contributed by atoms with Crippen LogP contribution in [0.3, 0.4) is 0 Å². The maximum atomic E-state index is 5.77. The van der Waals surface area contributed by atoms with Crippen LogP contribution in [0.4, 0.5) is 5.82 Å². The Kier molecular flexibility index (Phi) is 3.44. The minimum atomic E-state index is 0.464. The molecular weight excluding hydrogens is 254 g/mol. The van der Waals surface area contributed by atoms with Crippen LogP contribution in [0.15, 0.2) is 12.1 Å².